The minimum Gasteiger partial charge on any atom is -0.346 e. The lowest BCUT2D eigenvalue weighted by Gasteiger charge is -2.39. The molecule has 1 aliphatic rings. The Morgan fingerprint density at radius 2 is 1.56 bits per heavy atom. The van der Waals surface area contributed by atoms with Crippen molar-refractivity contribution >= 4 is 37.5 Å². The van der Waals surface area contributed by atoms with E-state index in [4.69, 9.17) is 10.3 Å². The summed E-state index contributed by atoms with van der Waals surface area (Å²) >= 11 is 0. The molecule has 1 aromatic rings. The van der Waals surface area contributed by atoms with E-state index in [1.54, 1.807) is 0 Å². The van der Waals surface area contributed by atoms with Gasteiger partial charge in [-0.25, -0.2) is 27.1 Å². The van der Waals surface area contributed by atoms with E-state index < -0.39 is 36.6 Å². The second-order valence-corrected chi connectivity index (χ2v) is 9.31. The van der Waals surface area contributed by atoms with Gasteiger partial charge in [-0.15, -0.1) is 0 Å². The van der Waals surface area contributed by atoms with E-state index in [1.165, 1.54) is 24.3 Å². The summed E-state index contributed by atoms with van der Waals surface area (Å²) in [4.78, 5) is 23.5. The van der Waals surface area contributed by atoms with Crippen molar-refractivity contribution in [3.8, 4) is 0 Å². The number of anilines is 1. The Morgan fingerprint density at radius 3 is 1.96 bits per heavy atom. The number of nitrogens with two attached hydrogens (primary N) is 2. The lowest BCUT2D eigenvalue weighted by Crippen LogP contribution is -2.57. The third kappa shape index (κ3) is 4.34. The molecule has 6 N–H and O–H groups in total. The third-order valence-corrected chi connectivity index (χ3v) is 6.78. The van der Waals surface area contributed by atoms with Crippen molar-refractivity contribution in [2.45, 2.75) is 28.9 Å². The summed E-state index contributed by atoms with van der Waals surface area (Å²) in [5, 5.41) is 14.6. The third-order valence-electron chi connectivity index (χ3n) is 4.09. The molecule has 0 aliphatic heterocycles. The minimum absolute atomic E-state index is 0.143. The van der Waals surface area contributed by atoms with Gasteiger partial charge in [0.15, 0.2) is 0 Å². The van der Waals surface area contributed by atoms with Crippen LogP contribution < -0.4 is 20.9 Å². The van der Waals surface area contributed by atoms with Gasteiger partial charge >= 0.3 is 11.8 Å². The zero-order valence-electron chi connectivity index (χ0n) is 13.1. The Hall–Kier alpha value is -2.02. The van der Waals surface area contributed by atoms with Crippen LogP contribution in [0.5, 0.6) is 0 Å². The molecule has 1 fully saturated rings. The van der Waals surface area contributed by atoms with Crippen molar-refractivity contribution in [3.63, 3.8) is 0 Å². The Kier molecular flexibility index (Phi) is 5.18. The molecule has 10 nitrogen and oxygen atoms in total. The SMILES string of the molecule is NS(=O)(=O)c1ccc(NC(=O)C(=O)NCC2(S(N)(=O)=O)CCC2)cc1. The van der Waals surface area contributed by atoms with Gasteiger partial charge < -0.3 is 10.6 Å². The highest BCUT2D eigenvalue weighted by molar-refractivity contribution is 7.90. The molecule has 2 amide bonds. The molecule has 0 saturated heterocycles. The summed E-state index contributed by atoms with van der Waals surface area (Å²) in [7, 11) is -7.70. The van der Waals surface area contributed by atoms with E-state index in [2.05, 4.69) is 10.6 Å². The lowest BCUT2D eigenvalue weighted by atomic mass is 9.84. The van der Waals surface area contributed by atoms with Crippen LogP contribution in [0.2, 0.25) is 0 Å². The number of primary sulfonamides is 2. The monoisotopic (exact) mass is 390 g/mol. The zero-order chi connectivity index (χ0) is 18.9. The van der Waals surface area contributed by atoms with E-state index in [0.29, 0.717) is 19.3 Å². The molecule has 25 heavy (non-hydrogen) atoms. The highest BCUT2D eigenvalue weighted by Gasteiger charge is 2.47. The predicted octanol–water partition coefficient (Wildman–Crippen LogP) is -1.40. The lowest BCUT2D eigenvalue weighted by molar-refractivity contribution is -0.136. The van der Waals surface area contributed by atoms with E-state index in [9.17, 15) is 26.4 Å². The van der Waals surface area contributed by atoms with Crippen molar-refractivity contribution in [1.82, 2.24) is 5.32 Å². The number of carbonyl (C=O) groups excluding carboxylic acids is 2. The summed E-state index contributed by atoms with van der Waals surface area (Å²) in [6, 6.07) is 4.88. The molecule has 0 unspecified atom stereocenters. The van der Waals surface area contributed by atoms with Gasteiger partial charge in [0, 0.05) is 12.2 Å². The Morgan fingerprint density at radius 1 is 1.00 bits per heavy atom. The summed E-state index contributed by atoms with van der Waals surface area (Å²) < 4.78 is 44.2. The number of hydrogen-bond donors (Lipinski definition) is 4. The van der Waals surface area contributed by atoms with Crippen LogP contribution in [0.1, 0.15) is 19.3 Å². The van der Waals surface area contributed by atoms with Crippen LogP contribution in [0.15, 0.2) is 29.2 Å². The van der Waals surface area contributed by atoms with E-state index in [-0.39, 0.29) is 17.1 Å². The number of sulfonamides is 2. The van der Waals surface area contributed by atoms with Crippen LogP contribution in [0, 0.1) is 0 Å². The van der Waals surface area contributed by atoms with Crippen LogP contribution >= 0.6 is 0 Å². The normalized spacial score (nSPS) is 16.6. The Labute approximate surface area is 145 Å². The Bertz CT molecular complexity index is 889. The second-order valence-electron chi connectivity index (χ2n) is 5.79. The molecular weight excluding hydrogens is 372 g/mol. The first-order valence-corrected chi connectivity index (χ1v) is 10.3. The Balaban J connectivity index is 1.96. The molecule has 1 aromatic carbocycles. The van der Waals surface area contributed by atoms with Crippen LogP contribution in [0.25, 0.3) is 0 Å². The van der Waals surface area contributed by atoms with Crippen LogP contribution in [-0.4, -0.2) is 39.9 Å². The maximum absolute atomic E-state index is 11.8. The average molecular weight is 390 g/mol. The fourth-order valence-electron chi connectivity index (χ4n) is 2.37. The molecule has 1 saturated carbocycles. The second kappa shape index (κ2) is 6.71. The predicted molar refractivity (Wildman–Crippen MR) is 89.1 cm³/mol. The highest BCUT2D eigenvalue weighted by Crippen LogP contribution is 2.37. The summed E-state index contributed by atoms with van der Waals surface area (Å²) in [5.74, 6) is -2.04. The van der Waals surface area contributed by atoms with Gasteiger partial charge in [-0.1, -0.05) is 6.42 Å². The fourth-order valence-corrected chi connectivity index (χ4v) is 4.02. The number of benzene rings is 1. The molecule has 0 heterocycles. The number of rotatable bonds is 5. The van der Waals surface area contributed by atoms with Crippen LogP contribution in [-0.2, 0) is 29.6 Å². The summed E-state index contributed by atoms with van der Waals surface area (Å²) in [6.45, 7) is -0.248. The van der Waals surface area contributed by atoms with E-state index in [0.717, 1.165) is 0 Å². The molecule has 0 atom stereocenters. The number of amides is 2. The van der Waals surface area contributed by atoms with Crippen molar-refractivity contribution in [2.24, 2.45) is 10.3 Å². The number of carbonyl (C=O) groups is 2. The van der Waals surface area contributed by atoms with Crippen molar-refractivity contribution in [2.75, 3.05) is 11.9 Å². The van der Waals surface area contributed by atoms with Gasteiger partial charge in [0.05, 0.1) is 4.90 Å². The largest absolute Gasteiger partial charge is 0.346 e. The molecule has 0 spiro atoms. The van der Waals surface area contributed by atoms with Gasteiger partial charge in [-0.2, -0.15) is 0 Å². The zero-order valence-corrected chi connectivity index (χ0v) is 14.7. The summed E-state index contributed by atoms with van der Waals surface area (Å²) in [5.41, 5.74) is 0.178. The van der Waals surface area contributed by atoms with Crippen molar-refractivity contribution in [3.05, 3.63) is 24.3 Å². The van der Waals surface area contributed by atoms with E-state index in [1.807, 2.05) is 0 Å². The molecule has 2 rings (SSSR count). The standard InChI is InChI=1S/C13H18N4O6S2/c14-24(20,21)10-4-2-9(3-5-10)17-12(19)11(18)16-8-13(6-1-7-13)25(15,22)23/h2-5H,1,6-8H2,(H,16,18)(H,17,19)(H2,14,20,21)(H2,15,22,23). The van der Waals surface area contributed by atoms with Gasteiger partial charge in [0.2, 0.25) is 20.0 Å². The average Bonchev–Trinajstić information content (AvgIpc) is 2.43. The number of nitrogens with one attached hydrogen (secondary N) is 2. The summed E-state index contributed by atoms with van der Waals surface area (Å²) in [6.07, 6.45) is 1.32. The molecule has 12 heteroatoms. The van der Waals surface area contributed by atoms with Crippen molar-refractivity contribution in [1.29, 1.82) is 0 Å². The highest BCUT2D eigenvalue weighted by atomic mass is 32.2. The minimum atomic E-state index is -3.86. The quantitative estimate of drug-likeness (QED) is 0.449. The first-order chi connectivity index (χ1) is 11.4. The topological polar surface area (TPSA) is 179 Å². The van der Waals surface area contributed by atoms with Crippen LogP contribution in [0.3, 0.4) is 0 Å². The smallest absolute Gasteiger partial charge is 0.313 e. The van der Waals surface area contributed by atoms with Crippen LogP contribution in [0.4, 0.5) is 5.69 Å². The molecule has 0 bridgehead atoms. The van der Waals surface area contributed by atoms with Gasteiger partial charge in [-0.3, -0.25) is 9.59 Å². The van der Waals surface area contributed by atoms with Gasteiger partial charge in [0.25, 0.3) is 0 Å². The molecular formula is C13H18N4O6S2. The molecule has 0 aromatic heterocycles. The first-order valence-electron chi connectivity index (χ1n) is 7.19. The maximum Gasteiger partial charge on any atom is 0.313 e. The number of hydrogen-bond acceptors (Lipinski definition) is 6. The van der Waals surface area contributed by atoms with Gasteiger partial charge in [-0.05, 0) is 37.1 Å². The van der Waals surface area contributed by atoms with E-state index >= 15 is 0 Å². The molecule has 138 valence electrons. The molecule has 1 aliphatic carbocycles. The van der Waals surface area contributed by atoms with Crippen molar-refractivity contribution < 1.29 is 26.4 Å². The first kappa shape index (κ1) is 19.3. The van der Waals surface area contributed by atoms with Gasteiger partial charge in [0.1, 0.15) is 4.75 Å². The fraction of sp³-hybridized carbons (Fsp3) is 0.385. The molecule has 0 radical (unpaired) electrons. The maximum atomic E-state index is 11.8.